The van der Waals surface area contributed by atoms with Crippen molar-refractivity contribution in [2.24, 2.45) is 0 Å². The van der Waals surface area contributed by atoms with Crippen molar-refractivity contribution in [1.82, 2.24) is 4.98 Å². The fraction of sp³-hybridized carbons (Fsp3) is 0. The Hall–Kier alpha value is 0.740. The van der Waals surface area contributed by atoms with Crippen LogP contribution in [0.15, 0.2) is 17.1 Å². The minimum absolute atomic E-state index is 0. The number of thiazole rings is 1. The van der Waals surface area contributed by atoms with E-state index in [1.807, 2.05) is 5.38 Å². The Balaban J connectivity index is -0.000000101. The zero-order chi connectivity index (χ0) is 7.11. The summed E-state index contributed by atoms with van der Waals surface area (Å²) in [6.07, 6.45) is 1.77. The molecule has 0 aliphatic carbocycles. The largest absolute Gasteiger partial charge is 1.00 e. The standard InChI is InChI=1S/C3H3NS.Na.H3O3P.H2O/c1-2-5-3-4-1;;1-4(2)3;/h1-3H;;4H,(H2,1,2,3);1H2/q;+1;;/p-1. The first kappa shape index (κ1) is 17.7. The summed E-state index contributed by atoms with van der Waals surface area (Å²) >= 11 is 1.60. The Morgan fingerprint density at radius 2 is 2.09 bits per heavy atom. The minimum Gasteiger partial charge on any atom is -0.781 e. The van der Waals surface area contributed by atoms with Gasteiger partial charge < -0.3 is 19.8 Å². The smallest absolute Gasteiger partial charge is 0.781 e. The Kier molecular flexibility index (Phi) is 21.5. The molecule has 5 nitrogen and oxygen atoms in total. The van der Waals surface area contributed by atoms with Crippen molar-refractivity contribution in [3.63, 3.8) is 0 Å². The topological polar surface area (TPSA) is 105 Å². The molecule has 1 heterocycles. The predicted octanol–water partition coefficient (Wildman–Crippen LogP) is -3.95. The van der Waals surface area contributed by atoms with E-state index in [1.54, 1.807) is 23.0 Å². The molecule has 1 aromatic rings. The van der Waals surface area contributed by atoms with Crippen molar-refractivity contribution in [3.8, 4) is 0 Å². The molecule has 0 aliphatic rings. The summed E-state index contributed by atoms with van der Waals surface area (Å²) < 4.78 is 8.63. The second-order valence-corrected chi connectivity index (χ2v) is 2.23. The van der Waals surface area contributed by atoms with Crippen LogP contribution in [0.4, 0.5) is 0 Å². The summed E-state index contributed by atoms with van der Waals surface area (Å²) in [6.45, 7) is 0. The number of rotatable bonds is 0. The zero-order valence-electron chi connectivity index (χ0n) is 5.85. The normalized spacial score (nSPS) is 9.27. The maximum absolute atomic E-state index is 8.63. The fourth-order valence-corrected chi connectivity index (χ4v) is 0.527. The average Bonchev–Trinajstić information content (AvgIpc) is 2.11. The molecule has 0 saturated carbocycles. The van der Waals surface area contributed by atoms with E-state index in [1.165, 1.54) is 0 Å². The Morgan fingerprint density at radius 3 is 2.18 bits per heavy atom. The van der Waals surface area contributed by atoms with Crippen LogP contribution < -0.4 is 34.5 Å². The van der Waals surface area contributed by atoms with Crippen molar-refractivity contribution in [2.75, 3.05) is 0 Å². The van der Waals surface area contributed by atoms with Gasteiger partial charge in [0, 0.05) is 11.6 Å². The molecule has 8 heteroatoms. The fourth-order valence-electron chi connectivity index (χ4n) is 0.176. The number of hydrogen-bond donors (Lipinski definition) is 1. The summed E-state index contributed by atoms with van der Waals surface area (Å²) in [5.74, 6) is 0. The zero-order valence-corrected chi connectivity index (χ0v) is 9.67. The molecule has 0 bridgehead atoms. The number of aromatic nitrogens is 1. The van der Waals surface area contributed by atoms with Gasteiger partial charge in [-0.3, -0.25) is 4.98 Å². The van der Waals surface area contributed by atoms with Crippen molar-refractivity contribution >= 4 is 19.6 Å². The van der Waals surface area contributed by atoms with Gasteiger partial charge in [0.05, 0.1) is 5.51 Å². The molecule has 3 N–H and O–H groups in total. The molecule has 0 radical (unpaired) electrons. The van der Waals surface area contributed by atoms with Crippen molar-refractivity contribution in [3.05, 3.63) is 17.1 Å². The molecule has 1 aromatic heterocycles. The number of hydrogen-bond acceptors (Lipinski definition) is 4. The van der Waals surface area contributed by atoms with Gasteiger partial charge in [0.2, 0.25) is 0 Å². The van der Waals surface area contributed by atoms with Crippen LogP contribution in [0.5, 0.6) is 0 Å². The summed E-state index contributed by atoms with van der Waals surface area (Å²) in [5, 5.41) is 1.93. The van der Waals surface area contributed by atoms with Crippen molar-refractivity contribution in [1.29, 1.82) is 0 Å². The molecule has 1 rings (SSSR count). The Morgan fingerprint density at radius 1 is 1.64 bits per heavy atom. The van der Waals surface area contributed by atoms with Crippen molar-refractivity contribution < 1.29 is 49.4 Å². The Labute approximate surface area is 90.7 Å². The monoisotopic (exact) mass is 207 g/mol. The van der Waals surface area contributed by atoms with Gasteiger partial charge in [0.15, 0.2) is 0 Å². The van der Waals surface area contributed by atoms with E-state index < -0.39 is 8.25 Å². The first-order valence-electron chi connectivity index (χ1n) is 1.95. The maximum Gasteiger partial charge on any atom is 1.00 e. The summed E-state index contributed by atoms with van der Waals surface area (Å²) in [4.78, 5) is 19.4. The van der Waals surface area contributed by atoms with E-state index in [0.29, 0.717) is 0 Å². The summed E-state index contributed by atoms with van der Waals surface area (Å²) in [7, 11) is -3.38. The van der Waals surface area contributed by atoms with Crippen LogP contribution in [-0.2, 0) is 4.57 Å². The first-order valence-corrected chi connectivity index (χ1v) is 4.16. The van der Waals surface area contributed by atoms with Crippen LogP contribution in [0.2, 0.25) is 0 Å². The van der Waals surface area contributed by atoms with Crippen LogP contribution in [0.25, 0.3) is 0 Å². The number of nitrogens with zero attached hydrogens (tertiary/aromatic N) is 1. The van der Waals surface area contributed by atoms with Gasteiger partial charge in [-0.2, -0.15) is 0 Å². The van der Waals surface area contributed by atoms with Crippen LogP contribution in [0.1, 0.15) is 0 Å². The van der Waals surface area contributed by atoms with Crippen LogP contribution in [0.3, 0.4) is 0 Å². The van der Waals surface area contributed by atoms with E-state index in [-0.39, 0.29) is 35.0 Å². The molecule has 1 unspecified atom stereocenters. The molecule has 0 aromatic carbocycles. The van der Waals surface area contributed by atoms with Gasteiger partial charge in [-0.05, 0) is 0 Å². The van der Waals surface area contributed by atoms with Gasteiger partial charge in [-0.1, -0.05) is 0 Å². The van der Waals surface area contributed by atoms with Crippen LogP contribution in [-0.4, -0.2) is 15.4 Å². The summed E-state index contributed by atoms with van der Waals surface area (Å²) in [6, 6.07) is 0. The predicted molar refractivity (Wildman–Crippen MR) is 36.9 cm³/mol. The first-order chi connectivity index (χ1) is 4.23. The van der Waals surface area contributed by atoms with Gasteiger partial charge in [-0.25, -0.2) is 0 Å². The van der Waals surface area contributed by atoms with Crippen LogP contribution >= 0.6 is 19.6 Å². The molecular formula is C3H7NNaO4PS. The third kappa shape index (κ3) is 24.9. The minimum atomic E-state index is -3.38. The maximum atomic E-state index is 8.63. The summed E-state index contributed by atoms with van der Waals surface area (Å²) in [5.41, 5.74) is 1.79. The SMILES string of the molecule is O.O=[PH]([O-])O.[Na+].c1cscn1. The molecule has 0 aliphatic heterocycles. The molecule has 11 heavy (non-hydrogen) atoms. The molecule has 0 fully saturated rings. The quantitative estimate of drug-likeness (QED) is 0.346. The van der Waals surface area contributed by atoms with E-state index in [0.717, 1.165) is 0 Å². The third-order valence-corrected chi connectivity index (χ3v) is 0.869. The van der Waals surface area contributed by atoms with E-state index in [4.69, 9.17) is 14.4 Å². The van der Waals surface area contributed by atoms with E-state index >= 15 is 0 Å². The average molecular weight is 207 g/mol. The van der Waals surface area contributed by atoms with Crippen LogP contribution in [0, 0.1) is 0 Å². The van der Waals surface area contributed by atoms with Gasteiger partial charge >= 0.3 is 29.6 Å². The molecule has 0 amide bonds. The van der Waals surface area contributed by atoms with Gasteiger partial charge in [0.1, 0.15) is 8.25 Å². The third-order valence-electron chi connectivity index (χ3n) is 0.347. The van der Waals surface area contributed by atoms with Gasteiger partial charge in [0.25, 0.3) is 0 Å². The molecule has 0 saturated heterocycles. The molecule has 1 atom stereocenters. The second-order valence-electron chi connectivity index (χ2n) is 0.942. The van der Waals surface area contributed by atoms with Gasteiger partial charge in [-0.15, -0.1) is 11.3 Å². The molecule has 60 valence electrons. The van der Waals surface area contributed by atoms with E-state index in [2.05, 4.69) is 4.98 Å². The second kappa shape index (κ2) is 13.3. The molecular weight excluding hydrogens is 200 g/mol. The molecule has 0 spiro atoms. The van der Waals surface area contributed by atoms with Crippen molar-refractivity contribution in [2.45, 2.75) is 0 Å². The van der Waals surface area contributed by atoms with E-state index in [9.17, 15) is 0 Å². The Bertz CT molecular complexity index is 139.